The van der Waals surface area contributed by atoms with Gasteiger partial charge in [0.2, 0.25) is 0 Å². The van der Waals surface area contributed by atoms with Crippen LogP contribution in [0.4, 0.5) is 176 Å². The predicted octanol–water partition coefficient (Wildman–Crippen LogP) is 15.9. The van der Waals surface area contributed by atoms with E-state index in [1.54, 1.807) is 0 Å². The summed E-state index contributed by atoms with van der Waals surface area (Å²) in [7, 11) is 0. The third-order valence-corrected chi connectivity index (χ3v) is 12.2. The summed E-state index contributed by atoms with van der Waals surface area (Å²) in [6.07, 6.45) is -142. The molecule has 0 spiro atoms. The Labute approximate surface area is 587 Å². The lowest BCUT2D eigenvalue weighted by molar-refractivity contribution is -0.647. The first-order chi connectivity index (χ1) is 48.4. The molecular formula is C52H42F40O19. The number of rotatable bonds is 46. The summed E-state index contributed by atoms with van der Waals surface area (Å²) in [5, 5.41) is 0. The minimum atomic E-state index is -11.6. The van der Waals surface area contributed by atoms with E-state index in [9.17, 15) is 28.8 Å². The minimum absolute atomic E-state index is 0.149. The maximum atomic E-state index is 17.6. The van der Waals surface area contributed by atoms with Gasteiger partial charge >= 0.3 is 168 Å². The van der Waals surface area contributed by atoms with Gasteiger partial charge in [-0.1, -0.05) is 39.5 Å². The van der Waals surface area contributed by atoms with Gasteiger partial charge in [0.15, 0.2) is 39.6 Å². The summed E-state index contributed by atoms with van der Waals surface area (Å²) < 4.78 is 672. The smallest absolute Gasteiger partial charge is 0.427 e. The van der Waals surface area contributed by atoms with Crippen LogP contribution in [0.3, 0.4) is 0 Å². The fourth-order valence-corrected chi connectivity index (χ4v) is 6.40. The summed E-state index contributed by atoms with van der Waals surface area (Å²) in [6.45, 7) is -9.87. The van der Waals surface area contributed by atoms with Gasteiger partial charge < -0.3 is 28.4 Å². The molecular weight excluding hydrogens is 1690 g/mol. The lowest BCUT2D eigenvalue weighted by Gasteiger charge is -2.54. The fourth-order valence-electron chi connectivity index (χ4n) is 6.40. The summed E-state index contributed by atoms with van der Waals surface area (Å²) >= 11 is 0. The average Bonchev–Trinajstić information content (AvgIpc) is 0.666. The standard InChI is InChI=1S/C52H42F40O19/c1-19(2)25(93)99-13-31(53,54)39(65,66)105-45(77,78)37(46(79,80)106-40(67,68)32(55,56)14-100-26(94)20(3)4,47(81,82)107-41(69,70)33(57,58)15-101-27(95)21(5)6)51(89,90)111-52(91,92)38(48(83,84)108-42(71,72)34(59,60)16-102-28(96)22(7)8,49(85,86)109-43(73,74)35(61,62)17-103-29(97)23(9)10)50(87,88)110-44(75,76)36(63,64)18-104-30(98)24(11)12/h1,3,5,7,9,11,13-18H2,2,4,6,8,10,12H3. The van der Waals surface area contributed by atoms with Crippen LogP contribution < -0.4 is 0 Å². The van der Waals surface area contributed by atoms with Crippen LogP contribution in [0.2, 0.25) is 0 Å². The number of alkyl halides is 40. The van der Waals surface area contributed by atoms with Crippen LogP contribution in [0.1, 0.15) is 41.5 Å². The van der Waals surface area contributed by atoms with E-state index in [2.05, 4.69) is 67.9 Å². The van der Waals surface area contributed by atoms with Crippen molar-refractivity contribution in [2.75, 3.05) is 39.6 Å². The van der Waals surface area contributed by atoms with E-state index >= 15 is 176 Å². The molecule has 111 heavy (non-hydrogen) atoms. The van der Waals surface area contributed by atoms with Gasteiger partial charge in [-0.15, -0.1) is 0 Å². The molecule has 0 heterocycles. The molecule has 0 aliphatic rings. The maximum absolute atomic E-state index is 17.6. The Hall–Kier alpha value is -7.82. The SMILES string of the molecule is C=C(C)C(=O)OCC(F)(F)C(F)(F)OC(F)(F)C(C(F)(F)OC(F)(F)C(F)(F)COC(=O)C(=C)C)(C(F)(F)OC(F)(F)C(F)(F)COC(=O)C(=C)C)C(F)(F)OC(F)(F)C(C(F)(F)OC(F)(F)C(F)(F)COC(=O)C(=C)C)(C(F)(F)OC(F)(F)C(F)(F)COC(=O)C(=C)C)C(F)(F)OC(F)(F)C(F)(F)COC(=O)C(=C)C. The van der Waals surface area contributed by atoms with Crippen molar-refractivity contribution < 1.29 is 266 Å². The van der Waals surface area contributed by atoms with E-state index in [4.69, 9.17) is 0 Å². The van der Waals surface area contributed by atoms with E-state index < -0.39 is 241 Å². The Morgan fingerprint density at radius 2 is 0.261 bits per heavy atom. The lowest BCUT2D eigenvalue weighted by atomic mass is 9.78. The average molecular weight is 1730 g/mol. The van der Waals surface area contributed by atoms with Gasteiger partial charge in [-0.05, 0) is 41.5 Å². The molecule has 0 unspecified atom stereocenters. The van der Waals surface area contributed by atoms with Crippen LogP contribution in [0.15, 0.2) is 72.9 Å². The largest absolute Gasteiger partial charge is 0.456 e. The highest BCUT2D eigenvalue weighted by atomic mass is 19.4. The summed E-state index contributed by atoms with van der Waals surface area (Å²) in [4.78, 5) is 70.4. The summed E-state index contributed by atoms with van der Waals surface area (Å²) in [5.41, 5.74) is -32.4. The molecule has 0 saturated carbocycles. The zero-order chi connectivity index (χ0) is 89.4. The van der Waals surface area contributed by atoms with Crippen LogP contribution in [0.25, 0.3) is 0 Å². The molecule has 0 aliphatic carbocycles. The molecule has 0 amide bonds. The fraction of sp³-hybridized carbons (Fsp3) is 0.654. The first kappa shape index (κ1) is 103. The van der Waals surface area contributed by atoms with Crippen LogP contribution in [0.5, 0.6) is 0 Å². The molecule has 0 radical (unpaired) electrons. The predicted molar refractivity (Wildman–Crippen MR) is 266 cm³/mol. The molecule has 0 saturated heterocycles. The Balaban J connectivity index is 11.7. The number of carbonyl (C=O) groups excluding carboxylic acids is 6. The van der Waals surface area contributed by atoms with Crippen molar-refractivity contribution in [1.82, 2.24) is 0 Å². The molecule has 59 heteroatoms. The number of carbonyl (C=O) groups is 6. The number of hydrogen-bond donors (Lipinski definition) is 0. The molecule has 0 atom stereocenters. The number of halogens is 40. The topological polar surface area (TPSA) is 222 Å². The monoisotopic (exact) mass is 1730 g/mol. The first-order valence-electron chi connectivity index (χ1n) is 26.8. The van der Waals surface area contributed by atoms with Crippen molar-refractivity contribution in [3.63, 3.8) is 0 Å². The van der Waals surface area contributed by atoms with Crippen molar-refractivity contribution in [2.45, 2.75) is 163 Å². The van der Waals surface area contributed by atoms with Gasteiger partial charge in [0, 0.05) is 33.4 Å². The molecule has 0 aromatic rings. The third-order valence-electron chi connectivity index (χ3n) is 12.2. The van der Waals surface area contributed by atoms with Crippen LogP contribution >= 0.6 is 0 Å². The zero-order valence-corrected chi connectivity index (χ0v) is 54.4. The van der Waals surface area contributed by atoms with Crippen molar-refractivity contribution >= 4 is 35.8 Å². The zero-order valence-electron chi connectivity index (χ0n) is 54.4. The first-order valence-corrected chi connectivity index (χ1v) is 26.8. The molecule has 0 bridgehead atoms. The molecule has 0 aliphatic heterocycles. The van der Waals surface area contributed by atoms with E-state index in [0.717, 1.165) is 4.74 Å². The van der Waals surface area contributed by atoms with Gasteiger partial charge in [0.05, 0.1) is 0 Å². The number of esters is 6. The molecule has 0 aromatic carbocycles. The molecule has 0 fully saturated rings. The Morgan fingerprint density at radius 3 is 0.342 bits per heavy atom. The summed E-state index contributed by atoms with van der Waals surface area (Å²) in [6, 6.07) is 0. The van der Waals surface area contributed by atoms with Crippen molar-refractivity contribution in [1.29, 1.82) is 0 Å². The van der Waals surface area contributed by atoms with Gasteiger partial charge in [-0.25, -0.2) is 57.2 Å². The van der Waals surface area contributed by atoms with E-state index in [1.807, 2.05) is 0 Å². The molecule has 0 rings (SSSR count). The van der Waals surface area contributed by atoms with Gasteiger partial charge in [0.1, 0.15) is 0 Å². The Kier molecular flexibility index (Phi) is 30.3. The second-order valence-electron chi connectivity index (χ2n) is 21.8. The molecule has 0 N–H and O–H groups in total. The second kappa shape index (κ2) is 32.6. The molecule has 644 valence electrons. The Bertz CT molecular complexity index is 2960. The van der Waals surface area contributed by atoms with Crippen molar-refractivity contribution in [2.24, 2.45) is 10.8 Å². The van der Waals surface area contributed by atoms with Gasteiger partial charge in [0.25, 0.3) is 0 Å². The quantitative estimate of drug-likeness (QED) is 0.0239. The molecule has 0 aromatic heterocycles. The maximum Gasteiger partial charge on any atom is 0.427 e. The second-order valence-corrected chi connectivity index (χ2v) is 21.8. The number of hydrogen-bond acceptors (Lipinski definition) is 19. The lowest BCUT2D eigenvalue weighted by Crippen LogP contribution is -2.81. The highest BCUT2D eigenvalue weighted by Crippen LogP contribution is 2.75. The highest BCUT2D eigenvalue weighted by Gasteiger charge is 3.03. The Morgan fingerprint density at radius 1 is 0.180 bits per heavy atom. The van der Waals surface area contributed by atoms with Crippen LogP contribution in [-0.2, 0) is 90.3 Å². The van der Waals surface area contributed by atoms with E-state index in [-0.39, 0.29) is 41.5 Å². The minimum Gasteiger partial charge on any atom is -0.456 e. The summed E-state index contributed by atoms with van der Waals surface area (Å²) in [5.74, 6) is -64.1. The molecule has 19 nitrogen and oxygen atoms in total. The van der Waals surface area contributed by atoms with Gasteiger partial charge in [-0.2, -0.15) is 176 Å². The normalized spacial score (nSPS) is 14.8. The number of ether oxygens (including phenoxy) is 13. The van der Waals surface area contributed by atoms with Gasteiger partial charge in [-0.3, -0.25) is 4.74 Å². The highest BCUT2D eigenvalue weighted by molar-refractivity contribution is 5.89. The van der Waals surface area contributed by atoms with E-state index in [0.29, 0.717) is 0 Å². The van der Waals surface area contributed by atoms with Crippen molar-refractivity contribution in [3.05, 3.63) is 72.9 Å². The van der Waals surface area contributed by atoms with Crippen LogP contribution in [0, 0.1) is 10.8 Å². The van der Waals surface area contributed by atoms with Crippen molar-refractivity contribution in [3.8, 4) is 0 Å². The van der Waals surface area contributed by atoms with Crippen LogP contribution in [-0.4, -0.2) is 197 Å². The van der Waals surface area contributed by atoms with E-state index in [1.165, 1.54) is 28.4 Å². The third kappa shape index (κ3) is 21.2.